The lowest BCUT2D eigenvalue weighted by atomic mass is 10.0. The SMILES string of the molecule is CNC1CCCN(Cc2ncccc2C)C1=O. The van der Waals surface area contributed by atoms with E-state index in [0.717, 1.165) is 30.6 Å². The van der Waals surface area contributed by atoms with Gasteiger partial charge in [0.2, 0.25) is 5.91 Å². The van der Waals surface area contributed by atoms with Gasteiger partial charge in [-0.15, -0.1) is 0 Å². The summed E-state index contributed by atoms with van der Waals surface area (Å²) in [6.07, 6.45) is 3.78. The summed E-state index contributed by atoms with van der Waals surface area (Å²) >= 11 is 0. The summed E-state index contributed by atoms with van der Waals surface area (Å²) in [5.41, 5.74) is 2.14. The highest BCUT2D eigenvalue weighted by Gasteiger charge is 2.27. The Morgan fingerprint density at radius 1 is 1.59 bits per heavy atom. The third-order valence-electron chi connectivity index (χ3n) is 3.34. The summed E-state index contributed by atoms with van der Waals surface area (Å²) in [6, 6.07) is 3.94. The van der Waals surface area contributed by atoms with E-state index in [2.05, 4.69) is 10.3 Å². The number of nitrogens with one attached hydrogen (secondary N) is 1. The number of hydrogen-bond acceptors (Lipinski definition) is 3. The first-order valence-electron chi connectivity index (χ1n) is 6.09. The van der Waals surface area contributed by atoms with E-state index >= 15 is 0 Å². The Hall–Kier alpha value is -1.42. The molecule has 0 aromatic carbocycles. The maximum absolute atomic E-state index is 12.1. The number of rotatable bonds is 3. The summed E-state index contributed by atoms with van der Waals surface area (Å²) < 4.78 is 0. The maximum Gasteiger partial charge on any atom is 0.240 e. The molecule has 1 aliphatic heterocycles. The van der Waals surface area contributed by atoms with Crippen molar-refractivity contribution >= 4 is 5.91 Å². The van der Waals surface area contributed by atoms with Crippen molar-refractivity contribution in [1.82, 2.24) is 15.2 Å². The summed E-state index contributed by atoms with van der Waals surface area (Å²) in [6.45, 7) is 3.50. The second kappa shape index (κ2) is 5.27. The van der Waals surface area contributed by atoms with E-state index in [9.17, 15) is 4.79 Å². The number of aryl methyl sites for hydroxylation is 1. The van der Waals surface area contributed by atoms with Crippen molar-refractivity contribution < 1.29 is 4.79 Å². The molecule has 0 radical (unpaired) electrons. The zero-order valence-corrected chi connectivity index (χ0v) is 10.4. The topological polar surface area (TPSA) is 45.2 Å². The number of pyridine rings is 1. The number of hydrogen-bond donors (Lipinski definition) is 1. The number of aromatic nitrogens is 1. The molecule has 1 atom stereocenters. The highest BCUT2D eigenvalue weighted by molar-refractivity contribution is 5.82. The average molecular weight is 233 g/mol. The van der Waals surface area contributed by atoms with Crippen LogP contribution in [0.4, 0.5) is 0 Å². The first-order valence-corrected chi connectivity index (χ1v) is 6.09. The third kappa shape index (κ3) is 2.64. The largest absolute Gasteiger partial charge is 0.335 e. The quantitative estimate of drug-likeness (QED) is 0.850. The van der Waals surface area contributed by atoms with E-state index in [1.54, 1.807) is 6.20 Å². The lowest BCUT2D eigenvalue weighted by Crippen LogP contribution is -2.49. The summed E-state index contributed by atoms with van der Waals surface area (Å²) in [5, 5.41) is 3.07. The molecule has 1 aromatic heterocycles. The van der Waals surface area contributed by atoms with Crippen molar-refractivity contribution in [2.75, 3.05) is 13.6 Å². The number of likely N-dealkylation sites (tertiary alicyclic amines) is 1. The molecule has 1 N–H and O–H groups in total. The van der Waals surface area contributed by atoms with Gasteiger partial charge in [-0.3, -0.25) is 9.78 Å². The molecule has 17 heavy (non-hydrogen) atoms. The molecule has 1 aromatic rings. The van der Waals surface area contributed by atoms with Gasteiger partial charge in [0, 0.05) is 12.7 Å². The van der Waals surface area contributed by atoms with Crippen molar-refractivity contribution in [3.63, 3.8) is 0 Å². The van der Waals surface area contributed by atoms with E-state index in [1.165, 1.54) is 0 Å². The molecule has 92 valence electrons. The molecule has 0 aliphatic carbocycles. The van der Waals surface area contributed by atoms with Crippen LogP contribution in [0.5, 0.6) is 0 Å². The fourth-order valence-corrected chi connectivity index (χ4v) is 2.23. The van der Waals surface area contributed by atoms with E-state index in [4.69, 9.17) is 0 Å². The number of nitrogens with zero attached hydrogens (tertiary/aromatic N) is 2. The predicted molar refractivity (Wildman–Crippen MR) is 66.5 cm³/mol. The normalized spacial score (nSPS) is 20.7. The van der Waals surface area contributed by atoms with Crippen LogP contribution in [0.3, 0.4) is 0 Å². The lowest BCUT2D eigenvalue weighted by Gasteiger charge is -2.32. The molecule has 2 heterocycles. The van der Waals surface area contributed by atoms with Crippen LogP contribution >= 0.6 is 0 Å². The molecular weight excluding hydrogens is 214 g/mol. The van der Waals surface area contributed by atoms with Gasteiger partial charge < -0.3 is 10.2 Å². The van der Waals surface area contributed by atoms with Gasteiger partial charge in [0.1, 0.15) is 0 Å². The minimum absolute atomic E-state index is 0.0206. The molecule has 0 spiro atoms. The Bertz CT molecular complexity index is 405. The first kappa shape index (κ1) is 12.0. The second-order valence-corrected chi connectivity index (χ2v) is 4.51. The number of piperidine rings is 1. The van der Waals surface area contributed by atoms with Crippen LogP contribution in [0.2, 0.25) is 0 Å². The first-order chi connectivity index (χ1) is 8.22. The smallest absolute Gasteiger partial charge is 0.240 e. The molecular formula is C13H19N3O. The van der Waals surface area contributed by atoms with Crippen molar-refractivity contribution in [1.29, 1.82) is 0 Å². The summed E-state index contributed by atoms with van der Waals surface area (Å²) in [7, 11) is 1.85. The Morgan fingerprint density at radius 3 is 3.12 bits per heavy atom. The van der Waals surface area contributed by atoms with E-state index in [0.29, 0.717) is 6.54 Å². The minimum Gasteiger partial charge on any atom is -0.335 e. The molecule has 1 fully saturated rings. The highest BCUT2D eigenvalue weighted by Crippen LogP contribution is 2.15. The molecule has 1 amide bonds. The van der Waals surface area contributed by atoms with E-state index < -0.39 is 0 Å². The van der Waals surface area contributed by atoms with Gasteiger partial charge in [-0.25, -0.2) is 0 Å². The Morgan fingerprint density at radius 2 is 2.41 bits per heavy atom. The number of amides is 1. The fourth-order valence-electron chi connectivity index (χ4n) is 2.23. The molecule has 4 heteroatoms. The molecule has 1 unspecified atom stereocenters. The number of carbonyl (C=O) groups is 1. The van der Waals surface area contributed by atoms with Crippen LogP contribution < -0.4 is 5.32 Å². The summed E-state index contributed by atoms with van der Waals surface area (Å²) in [4.78, 5) is 18.4. The van der Waals surface area contributed by atoms with Crippen molar-refractivity contribution in [3.05, 3.63) is 29.6 Å². The molecule has 4 nitrogen and oxygen atoms in total. The van der Waals surface area contributed by atoms with Crippen LogP contribution in [0.25, 0.3) is 0 Å². The Balaban J connectivity index is 2.08. The molecule has 1 aliphatic rings. The van der Waals surface area contributed by atoms with E-state index in [-0.39, 0.29) is 11.9 Å². The predicted octanol–water partition coefficient (Wildman–Crippen LogP) is 1.10. The fraction of sp³-hybridized carbons (Fsp3) is 0.538. The van der Waals surface area contributed by atoms with Crippen LogP contribution in [-0.2, 0) is 11.3 Å². The van der Waals surface area contributed by atoms with Gasteiger partial charge in [0.15, 0.2) is 0 Å². The average Bonchev–Trinajstić information content (AvgIpc) is 2.34. The third-order valence-corrected chi connectivity index (χ3v) is 3.34. The zero-order chi connectivity index (χ0) is 12.3. The van der Waals surface area contributed by atoms with Crippen molar-refractivity contribution in [2.24, 2.45) is 0 Å². The van der Waals surface area contributed by atoms with Crippen LogP contribution in [-0.4, -0.2) is 35.4 Å². The Kier molecular flexibility index (Phi) is 3.74. The monoisotopic (exact) mass is 233 g/mol. The molecule has 0 bridgehead atoms. The highest BCUT2D eigenvalue weighted by atomic mass is 16.2. The molecule has 2 rings (SSSR count). The van der Waals surface area contributed by atoms with Gasteiger partial charge in [-0.1, -0.05) is 6.07 Å². The maximum atomic E-state index is 12.1. The van der Waals surface area contributed by atoms with Crippen LogP contribution in [0.1, 0.15) is 24.1 Å². The van der Waals surface area contributed by atoms with Crippen molar-refractivity contribution in [3.8, 4) is 0 Å². The van der Waals surface area contributed by atoms with Gasteiger partial charge >= 0.3 is 0 Å². The van der Waals surface area contributed by atoms with Gasteiger partial charge in [-0.2, -0.15) is 0 Å². The number of likely N-dealkylation sites (N-methyl/N-ethyl adjacent to an activating group) is 1. The molecule has 0 saturated carbocycles. The van der Waals surface area contributed by atoms with E-state index in [1.807, 2.05) is 31.0 Å². The van der Waals surface area contributed by atoms with Gasteiger partial charge in [0.25, 0.3) is 0 Å². The zero-order valence-electron chi connectivity index (χ0n) is 10.4. The lowest BCUT2D eigenvalue weighted by molar-refractivity contribution is -0.136. The van der Waals surface area contributed by atoms with Crippen LogP contribution in [0.15, 0.2) is 18.3 Å². The van der Waals surface area contributed by atoms with Crippen molar-refractivity contribution in [2.45, 2.75) is 32.4 Å². The molecule has 1 saturated heterocycles. The van der Waals surface area contributed by atoms with Gasteiger partial charge in [0.05, 0.1) is 18.3 Å². The Labute approximate surface area is 102 Å². The minimum atomic E-state index is -0.0206. The standard InChI is InChI=1S/C13H19N3O/c1-10-5-3-7-15-12(10)9-16-8-4-6-11(14-2)13(16)17/h3,5,7,11,14H,4,6,8-9H2,1-2H3. The van der Waals surface area contributed by atoms with Gasteiger partial charge in [-0.05, 0) is 38.4 Å². The second-order valence-electron chi connectivity index (χ2n) is 4.51. The summed E-state index contributed by atoms with van der Waals surface area (Å²) in [5.74, 6) is 0.198. The number of carbonyl (C=O) groups excluding carboxylic acids is 1. The van der Waals surface area contributed by atoms with Crippen LogP contribution in [0, 0.1) is 6.92 Å².